The summed E-state index contributed by atoms with van der Waals surface area (Å²) in [6.07, 6.45) is 2.48. The summed E-state index contributed by atoms with van der Waals surface area (Å²) < 4.78 is 11.2. The number of hydrogen-bond donors (Lipinski definition) is 1. The predicted octanol–water partition coefficient (Wildman–Crippen LogP) is 2.01. The van der Waals surface area contributed by atoms with Gasteiger partial charge in [-0.3, -0.25) is 4.90 Å². The maximum Gasteiger partial charge on any atom is 0.335 e. The lowest BCUT2D eigenvalue weighted by Gasteiger charge is -2.27. The molecule has 3 rings (SSSR count). The van der Waals surface area contributed by atoms with Gasteiger partial charge < -0.3 is 14.6 Å². The van der Waals surface area contributed by atoms with Crippen molar-refractivity contribution in [2.45, 2.75) is 19.4 Å². The molecule has 1 saturated carbocycles. The minimum atomic E-state index is -0.896. The Hall–Kier alpha value is -1.59. The van der Waals surface area contributed by atoms with Gasteiger partial charge in [0.1, 0.15) is 5.75 Å². The second-order valence-electron chi connectivity index (χ2n) is 5.77. The highest BCUT2D eigenvalue weighted by Crippen LogP contribution is 2.31. The number of nitrogens with zero attached hydrogens (tertiary/aromatic N) is 1. The third kappa shape index (κ3) is 3.95. The standard InChI is InChI=1S/C16H21NO4/c18-16(19)13-3-4-15(21-11-12-1-2-12)14(9-13)10-17-5-7-20-8-6-17/h3-4,9,12H,1-2,5-8,10-11H2,(H,18,19). The molecule has 5 heteroatoms. The van der Waals surface area contributed by atoms with Gasteiger partial charge in [-0.2, -0.15) is 0 Å². The molecule has 0 bridgehead atoms. The van der Waals surface area contributed by atoms with Crippen LogP contribution in [0.2, 0.25) is 0 Å². The molecule has 5 nitrogen and oxygen atoms in total. The molecule has 2 fully saturated rings. The number of carbonyl (C=O) groups is 1. The third-order valence-electron chi connectivity index (χ3n) is 3.98. The molecule has 1 N–H and O–H groups in total. The van der Waals surface area contributed by atoms with E-state index in [-0.39, 0.29) is 0 Å². The van der Waals surface area contributed by atoms with Gasteiger partial charge in [0.25, 0.3) is 0 Å². The van der Waals surface area contributed by atoms with Crippen LogP contribution in [0.15, 0.2) is 18.2 Å². The lowest BCUT2D eigenvalue weighted by molar-refractivity contribution is 0.0337. The lowest BCUT2D eigenvalue weighted by Crippen LogP contribution is -2.35. The molecular formula is C16H21NO4. The molecule has 1 heterocycles. The Labute approximate surface area is 124 Å². The number of aromatic carboxylic acids is 1. The smallest absolute Gasteiger partial charge is 0.335 e. The molecule has 0 unspecified atom stereocenters. The number of rotatable bonds is 6. The zero-order chi connectivity index (χ0) is 14.7. The van der Waals surface area contributed by atoms with E-state index >= 15 is 0 Å². The fourth-order valence-corrected chi connectivity index (χ4v) is 2.47. The highest BCUT2D eigenvalue weighted by atomic mass is 16.5. The Morgan fingerprint density at radius 2 is 2.10 bits per heavy atom. The van der Waals surface area contributed by atoms with Crippen LogP contribution < -0.4 is 4.74 Å². The number of hydrogen-bond acceptors (Lipinski definition) is 4. The first-order chi connectivity index (χ1) is 10.2. The highest BCUT2D eigenvalue weighted by molar-refractivity contribution is 5.88. The molecule has 1 aromatic rings. The largest absolute Gasteiger partial charge is 0.493 e. The van der Waals surface area contributed by atoms with Crippen molar-refractivity contribution in [2.75, 3.05) is 32.9 Å². The van der Waals surface area contributed by atoms with Gasteiger partial charge >= 0.3 is 5.97 Å². The van der Waals surface area contributed by atoms with Crippen LogP contribution in [0.4, 0.5) is 0 Å². The molecule has 21 heavy (non-hydrogen) atoms. The van der Waals surface area contributed by atoms with Gasteiger partial charge in [-0.25, -0.2) is 4.79 Å². The Morgan fingerprint density at radius 1 is 1.33 bits per heavy atom. The van der Waals surface area contributed by atoms with Crippen molar-refractivity contribution in [2.24, 2.45) is 5.92 Å². The van der Waals surface area contributed by atoms with Crippen molar-refractivity contribution in [1.29, 1.82) is 0 Å². The van der Waals surface area contributed by atoms with Crippen LogP contribution in [0, 0.1) is 5.92 Å². The fourth-order valence-electron chi connectivity index (χ4n) is 2.47. The molecule has 0 spiro atoms. The topological polar surface area (TPSA) is 59.0 Å². The van der Waals surface area contributed by atoms with Crippen molar-refractivity contribution in [3.05, 3.63) is 29.3 Å². The Kier molecular flexibility index (Phi) is 4.41. The van der Waals surface area contributed by atoms with E-state index in [1.54, 1.807) is 18.2 Å². The van der Waals surface area contributed by atoms with Crippen molar-refractivity contribution >= 4 is 5.97 Å². The van der Waals surface area contributed by atoms with E-state index < -0.39 is 5.97 Å². The Morgan fingerprint density at radius 3 is 2.76 bits per heavy atom. The van der Waals surface area contributed by atoms with Crippen LogP contribution in [-0.2, 0) is 11.3 Å². The first-order valence-corrected chi connectivity index (χ1v) is 7.51. The van der Waals surface area contributed by atoms with E-state index in [9.17, 15) is 4.79 Å². The van der Waals surface area contributed by atoms with E-state index in [0.29, 0.717) is 18.0 Å². The summed E-state index contributed by atoms with van der Waals surface area (Å²) in [5, 5.41) is 9.16. The molecular weight excluding hydrogens is 270 g/mol. The van der Waals surface area contributed by atoms with E-state index in [0.717, 1.165) is 44.2 Å². The van der Waals surface area contributed by atoms with Crippen molar-refractivity contribution in [3.8, 4) is 5.75 Å². The summed E-state index contributed by atoms with van der Waals surface area (Å²) in [4.78, 5) is 13.4. The maximum atomic E-state index is 11.2. The molecule has 1 saturated heterocycles. The zero-order valence-electron chi connectivity index (χ0n) is 12.1. The second-order valence-corrected chi connectivity index (χ2v) is 5.77. The highest BCUT2D eigenvalue weighted by Gasteiger charge is 2.23. The van der Waals surface area contributed by atoms with Crippen LogP contribution in [0.5, 0.6) is 5.75 Å². The predicted molar refractivity (Wildman–Crippen MR) is 77.7 cm³/mol. The van der Waals surface area contributed by atoms with E-state index in [1.165, 1.54) is 12.8 Å². The average Bonchev–Trinajstić information content (AvgIpc) is 3.31. The van der Waals surface area contributed by atoms with Crippen LogP contribution in [0.3, 0.4) is 0 Å². The van der Waals surface area contributed by atoms with Gasteiger partial charge in [0.15, 0.2) is 0 Å². The number of ether oxygens (including phenoxy) is 2. The third-order valence-corrected chi connectivity index (χ3v) is 3.98. The van der Waals surface area contributed by atoms with Crippen molar-refractivity contribution < 1.29 is 19.4 Å². The molecule has 1 aromatic carbocycles. The molecule has 2 aliphatic rings. The number of carboxylic acid groups (broad SMARTS) is 1. The summed E-state index contributed by atoms with van der Waals surface area (Å²) in [7, 11) is 0. The number of carboxylic acids is 1. The fraction of sp³-hybridized carbons (Fsp3) is 0.562. The first-order valence-electron chi connectivity index (χ1n) is 7.51. The van der Waals surface area contributed by atoms with Crippen molar-refractivity contribution in [3.63, 3.8) is 0 Å². The van der Waals surface area contributed by atoms with Gasteiger partial charge in [-0.15, -0.1) is 0 Å². The maximum absolute atomic E-state index is 11.2. The van der Waals surface area contributed by atoms with Crippen molar-refractivity contribution in [1.82, 2.24) is 4.90 Å². The molecule has 1 aliphatic carbocycles. The second kappa shape index (κ2) is 6.45. The molecule has 1 aliphatic heterocycles. The number of morpholine rings is 1. The van der Waals surface area contributed by atoms with Crippen LogP contribution in [-0.4, -0.2) is 48.9 Å². The number of benzene rings is 1. The molecule has 0 amide bonds. The summed E-state index contributed by atoms with van der Waals surface area (Å²) in [6, 6.07) is 5.15. The van der Waals surface area contributed by atoms with E-state index in [2.05, 4.69) is 4.90 Å². The summed E-state index contributed by atoms with van der Waals surface area (Å²) in [5.41, 5.74) is 1.27. The van der Waals surface area contributed by atoms with Gasteiger partial charge in [0.05, 0.1) is 25.4 Å². The van der Waals surface area contributed by atoms with Gasteiger partial charge in [0, 0.05) is 25.2 Å². The quantitative estimate of drug-likeness (QED) is 0.869. The van der Waals surface area contributed by atoms with Crippen LogP contribution in [0.1, 0.15) is 28.8 Å². The zero-order valence-corrected chi connectivity index (χ0v) is 12.1. The van der Waals surface area contributed by atoms with Crippen LogP contribution in [0.25, 0.3) is 0 Å². The summed E-state index contributed by atoms with van der Waals surface area (Å²) in [5.74, 6) is 0.603. The first kappa shape index (κ1) is 14.4. The SMILES string of the molecule is O=C(O)c1ccc(OCC2CC2)c(CN2CCOCC2)c1. The minimum absolute atomic E-state index is 0.317. The summed E-state index contributed by atoms with van der Waals surface area (Å²) >= 11 is 0. The van der Waals surface area contributed by atoms with E-state index in [4.69, 9.17) is 14.6 Å². The Bertz CT molecular complexity index is 507. The van der Waals surface area contributed by atoms with E-state index in [1.807, 2.05) is 0 Å². The molecule has 114 valence electrons. The average molecular weight is 291 g/mol. The normalized spacial score (nSPS) is 19.4. The molecule has 0 aromatic heterocycles. The Balaban J connectivity index is 1.74. The monoisotopic (exact) mass is 291 g/mol. The lowest BCUT2D eigenvalue weighted by atomic mass is 10.1. The van der Waals surface area contributed by atoms with Gasteiger partial charge in [-0.1, -0.05) is 0 Å². The summed E-state index contributed by atoms with van der Waals surface area (Å²) in [6.45, 7) is 4.67. The van der Waals surface area contributed by atoms with Gasteiger partial charge in [-0.05, 0) is 37.0 Å². The molecule has 0 atom stereocenters. The molecule has 0 radical (unpaired) electrons. The minimum Gasteiger partial charge on any atom is -0.493 e. The van der Waals surface area contributed by atoms with Crippen LogP contribution >= 0.6 is 0 Å². The van der Waals surface area contributed by atoms with Gasteiger partial charge in [0.2, 0.25) is 0 Å².